The molecule has 1 aliphatic rings. The van der Waals surface area contributed by atoms with Crippen LogP contribution in [0, 0.1) is 0 Å². The molecular weight excluding hydrogens is 432 g/mol. The van der Waals surface area contributed by atoms with Crippen molar-refractivity contribution in [2.45, 2.75) is 36.3 Å². The van der Waals surface area contributed by atoms with E-state index in [-0.39, 0.29) is 6.61 Å². The van der Waals surface area contributed by atoms with Gasteiger partial charge in [-0.2, -0.15) is 0 Å². The monoisotopic (exact) mass is 464 g/mol. The van der Waals surface area contributed by atoms with Crippen LogP contribution in [0.1, 0.15) is 16.7 Å². The molecule has 1 N–H and O–H groups in total. The van der Waals surface area contributed by atoms with Gasteiger partial charge in [0.2, 0.25) is 0 Å². The van der Waals surface area contributed by atoms with E-state index < -0.39 is 36.3 Å². The third-order valence-electron chi connectivity index (χ3n) is 6.43. The lowest BCUT2D eigenvalue weighted by Gasteiger charge is -2.44. The molecule has 180 valence electrons. The predicted molar refractivity (Wildman–Crippen MR) is 128 cm³/mol. The average molecular weight is 465 g/mol. The summed E-state index contributed by atoms with van der Waals surface area (Å²) >= 11 is 0. The molecule has 1 aliphatic heterocycles. The van der Waals surface area contributed by atoms with E-state index in [0.29, 0.717) is 0 Å². The maximum Gasteiger partial charge on any atom is 0.184 e. The van der Waals surface area contributed by atoms with Crippen molar-refractivity contribution in [3.8, 4) is 0 Å². The van der Waals surface area contributed by atoms with Crippen LogP contribution in [-0.4, -0.2) is 63.7 Å². The molecule has 6 nitrogen and oxygen atoms in total. The molecule has 1 fully saturated rings. The summed E-state index contributed by atoms with van der Waals surface area (Å²) in [7, 11) is 4.68. The lowest BCUT2D eigenvalue weighted by molar-refractivity contribution is -0.304. The number of benzene rings is 3. The van der Waals surface area contributed by atoms with E-state index in [1.54, 1.807) is 14.2 Å². The fourth-order valence-corrected chi connectivity index (χ4v) is 4.81. The van der Waals surface area contributed by atoms with Gasteiger partial charge < -0.3 is 28.8 Å². The number of aliphatic hydroxyl groups is 1. The quantitative estimate of drug-likeness (QED) is 0.487. The molecule has 6 heteroatoms. The minimum atomic E-state index is -1.17. The van der Waals surface area contributed by atoms with Crippen LogP contribution in [0.5, 0.6) is 0 Å². The Kier molecular flexibility index (Phi) is 8.11. The van der Waals surface area contributed by atoms with Gasteiger partial charge in [0.25, 0.3) is 0 Å². The molecule has 0 amide bonds. The van der Waals surface area contributed by atoms with Crippen molar-refractivity contribution in [2.24, 2.45) is 0 Å². The number of ether oxygens (including phenoxy) is 5. The van der Waals surface area contributed by atoms with E-state index >= 15 is 0 Å². The van der Waals surface area contributed by atoms with Crippen molar-refractivity contribution in [2.75, 3.05) is 27.9 Å². The van der Waals surface area contributed by atoms with Gasteiger partial charge in [-0.05, 0) is 16.7 Å². The number of rotatable bonds is 9. The van der Waals surface area contributed by atoms with Gasteiger partial charge >= 0.3 is 0 Å². The van der Waals surface area contributed by atoms with Gasteiger partial charge in [0, 0.05) is 21.3 Å². The summed E-state index contributed by atoms with van der Waals surface area (Å²) in [5, 5.41) is 10.6. The number of aliphatic hydroxyl groups excluding tert-OH is 1. The minimum absolute atomic E-state index is 0.143. The summed E-state index contributed by atoms with van der Waals surface area (Å²) in [6.07, 6.45) is -3.46. The van der Waals surface area contributed by atoms with E-state index in [1.165, 1.54) is 7.11 Å². The van der Waals surface area contributed by atoms with Crippen LogP contribution in [0.2, 0.25) is 0 Å². The van der Waals surface area contributed by atoms with Crippen LogP contribution in [0.3, 0.4) is 0 Å². The van der Waals surface area contributed by atoms with E-state index in [4.69, 9.17) is 23.7 Å². The van der Waals surface area contributed by atoms with Crippen LogP contribution in [0.25, 0.3) is 0 Å². The maximum absolute atomic E-state index is 10.6. The zero-order chi connectivity index (χ0) is 24.0. The van der Waals surface area contributed by atoms with Gasteiger partial charge in [0.15, 0.2) is 6.29 Å². The van der Waals surface area contributed by atoms with E-state index in [2.05, 4.69) is 36.4 Å². The summed E-state index contributed by atoms with van der Waals surface area (Å²) in [6, 6.07) is 30.3. The largest absolute Gasteiger partial charge is 0.376 e. The van der Waals surface area contributed by atoms with Crippen molar-refractivity contribution in [3.05, 3.63) is 108 Å². The Morgan fingerprint density at radius 2 is 1.06 bits per heavy atom. The van der Waals surface area contributed by atoms with Crippen molar-refractivity contribution >= 4 is 0 Å². The summed E-state index contributed by atoms with van der Waals surface area (Å²) in [4.78, 5) is 0. The summed E-state index contributed by atoms with van der Waals surface area (Å²) in [6.45, 7) is 0.143. The minimum Gasteiger partial charge on any atom is -0.376 e. The second-order valence-electron chi connectivity index (χ2n) is 8.26. The molecule has 0 unspecified atom stereocenters. The molecule has 0 aliphatic carbocycles. The summed E-state index contributed by atoms with van der Waals surface area (Å²) in [5.74, 6) is 0. The first-order valence-corrected chi connectivity index (χ1v) is 11.4. The topological polar surface area (TPSA) is 66.4 Å². The fourth-order valence-electron chi connectivity index (χ4n) is 4.81. The molecule has 4 rings (SSSR count). The van der Waals surface area contributed by atoms with Crippen molar-refractivity contribution in [1.82, 2.24) is 0 Å². The van der Waals surface area contributed by atoms with Crippen LogP contribution < -0.4 is 0 Å². The SMILES string of the molecule is CO[C@@H]1[C@@H](OC)[C@H](COC(c2ccccc2)(c2ccccc2)c2ccccc2)O[C@H](O)[C@@H]1OC. The molecule has 1 heterocycles. The maximum atomic E-state index is 10.6. The molecule has 3 aromatic carbocycles. The lowest BCUT2D eigenvalue weighted by atomic mass is 9.80. The Morgan fingerprint density at radius 3 is 1.44 bits per heavy atom. The zero-order valence-corrected chi connectivity index (χ0v) is 19.7. The van der Waals surface area contributed by atoms with Crippen molar-refractivity contribution in [3.63, 3.8) is 0 Å². The standard InChI is InChI=1S/C28H32O6/c1-30-24-23(34-27(29)26(32-3)25(24)31-2)19-33-28(20-13-7-4-8-14-20,21-15-9-5-10-16-21)22-17-11-6-12-18-22/h4-18,23-27,29H,19H2,1-3H3/t23-,24-,25+,26+,27-/m0/s1. The Balaban J connectivity index is 1.76. The molecule has 1 saturated heterocycles. The third kappa shape index (κ3) is 4.66. The summed E-state index contributed by atoms with van der Waals surface area (Å²) < 4.78 is 29.6. The first-order chi connectivity index (χ1) is 16.7. The van der Waals surface area contributed by atoms with Gasteiger partial charge in [-0.25, -0.2) is 0 Å². The van der Waals surface area contributed by atoms with E-state index in [0.717, 1.165) is 16.7 Å². The smallest absolute Gasteiger partial charge is 0.184 e. The average Bonchev–Trinajstić information content (AvgIpc) is 2.90. The Bertz CT molecular complexity index is 901. The molecule has 34 heavy (non-hydrogen) atoms. The normalized spacial score (nSPS) is 25.2. The molecule has 0 aromatic heterocycles. The van der Waals surface area contributed by atoms with Gasteiger partial charge in [-0.15, -0.1) is 0 Å². The fraction of sp³-hybridized carbons (Fsp3) is 0.357. The molecule has 0 radical (unpaired) electrons. The first-order valence-electron chi connectivity index (χ1n) is 11.4. The molecule has 5 atom stereocenters. The highest BCUT2D eigenvalue weighted by Gasteiger charge is 2.48. The third-order valence-corrected chi connectivity index (χ3v) is 6.43. The predicted octanol–water partition coefficient (Wildman–Crippen LogP) is 3.76. The molecule has 0 saturated carbocycles. The highest BCUT2D eigenvalue weighted by atomic mass is 16.7. The first kappa shape index (κ1) is 24.5. The number of hydrogen-bond acceptors (Lipinski definition) is 6. The molecule has 3 aromatic rings. The highest BCUT2D eigenvalue weighted by Crippen LogP contribution is 2.41. The highest BCUT2D eigenvalue weighted by molar-refractivity contribution is 5.47. The zero-order valence-electron chi connectivity index (χ0n) is 19.7. The van der Waals surface area contributed by atoms with Gasteiger partial charge in [0.1, 0.15) is 30.0 Å². The second-order valence-corrected chi connectivity index (χ2v) is 8.26. The molecule has 0 spiro atoms. The van der Waals surface area contributed by atoms with Crippen LogP contribution in [-0.2, 0) is 29.3 Å². The Morgan fingerprint density at radius 1 is 0.647 bits per heavy atom. The number of hydrogen-bond donors (Lipinski definition) is 1. The second kappa shape index (κ2) is 11.2. The Labute approximate surface area is 201 Å². The van der Waals surface area contributed by atoms with E-state index in [1.807, 2.05) is 54.6 Å². The van der Waals surface area contributed by atoms with Crippen LogP contribution >= 0.6 is 0 Å². The Hall–Kier alpha value is -2.58. The number of methoxy groups -OCH3 is 3. The van der Waals surface area contributed by atoms with Crippen molar-refractivity contribution in [1.29, 1.82) is 0 Å². The molecular formula is C28H32O6. The van der Waals surface area contributed by atoms with Gasteiger partial charge in [-0.3, -0.25) is 0 Å². The van der Waals surface area contributed by atoms with E-state index in [9.17, 15) is 5.11 Å². The van der Waals surface area contributed by atoms with Crippen LogP contribution in [0.15, 0.2) is 91.0 Å². The summed E-state index contributed by atoms with van der Waals surface area (Å²) in [5.41, 5.74) is 2.04. The lowest BCUT2D eigenvalue weighted by Crippen LogP contribution is -2.61. The van der Waals surface area contributed by atoms with Crippen LogP contribution in [0.4, 0.5) is 0 Å². The van der Waals surface area contributed by atoms with Gasteiger partial charge in [-0.1, -0.05) is 91.0 Å². The van der Waals surface area contributed by atoms with Crippen molar-refractivity contribution < 1.29 is 28.8 Å². The molecule has 0 bridgehead atoms. The van der Waals surface area contributed by atoms with Gasteiger partial charge in [0.05, 0.1) is 6.61 Å².